The van der Waals surface area contributed by atoms with E-state index in [1.807, 2.05) is 38.1 Å². The standard InChI is InChI=1S/C15H26N2O2/c1-4-17(12-15(2,3)18)10-5-11-19-14-8-6-13(16)7-9-14/h6-9,18H,4-5,10-12,16H2,1-3H3. The number of nitrogens with zero attached hydrogens (tertiary/aromatic N) is 1. The van der Waals surface area contributed by atoms with Crippen molar-refractivity contribution >= 4 is 5.69 Å². The molecule has 1 aromatic carbocycles. The van der Waals surface area contributed by atoms with Crippen LogP contribution in [0.25, 0.3) is 0 Å². The van der Waals surface area contributed by atoms with E-state index >= 15 is 0 Å². The largest absolute Gasteiger partial charge is 0.494 e. The minimum absolute atomic E-state index is 0.645. The molecular weight excluding hydrogens is 240 g/mol. The summed E-state index contributed by atoms with van der Waals surface area (Å²) in [6, 6.07) is 7.43. The number of hydrogen-bond acceptors (Lipinski definition) is 4. The summed E-state index contributed by atoms with van der Waals surface area (Å²) in [5, 5.41) is 9.79. The van der Waals surface area contributed by atoms with Gasteiger partial charge < -0.3 is 20.5 Å². The Hall–Kier alpha value is -1.26. The van der Waals surface area contributed by atoms with Gasteiger partial charge in [0.15, 0.2) is 0 Å². The van der Waals surface area contributed by atoms with Gasteiger partial charge in [0.1, 0.15) is 5.75 Å². The molecule has 0 radical (unpaired) electrons. The molecule has 0 aliphatic carbocycles. The summed E-state index contributed by atoms with van der Waals surface area (Å²) < 4.78 is 5.64. The lowest BCUT2D eigenvalue weighted by Gasteiger charge is -2.27. The highest BCUT2D eigenvalue weighted by atomic mass is 16.5. The summed E-state index contributed by atoms with van der Waals surface area (Å²) >= 11 is 0. The number of nitrogen functional groups attached to an aromatic ring is 1. The van der Waals surface area contributed by atoms with E-state index in [2.05, 4.69) is 11.8 Å². The van der Waals surface area contributed by atoms with Crippen molar-refractivity contribution < 1.29 is 9.84 Å². The zero-order valence-electron chi connectivity index (χ0n) is 12.2. The van der Waals surface area contributed by atoms with E-state index in [4.69, 9.17) is 10.5 Å². The molecule has 0 saturated carbocycles. The van der Waals surface area contributed by atoms with Crippen LogP contribution >= 0.6 is 0 Å². The quantitative estimate of drug-likeness (QED) is 0.559. The lowest BCUT2D eigenvalue weighted by molar-refractivity contribution is 0.0364. The van der Waals surface area contributed by atoms with Crippen LogP contribution in [0.15, 0.2) is 24.3 Å². The van der Waals surface area contributed by atoms with Gasteiger partial charge in [0.05, 0.1) is 12.2 Å². The van der Waals surface area contributed by atoms with Crippen molar-refractivity contribution in [2.45, 2.75) is 32.8 Å². The van der Waals surface area contributed by atoms with Crippen LogP contribution < -0.4 is 10.5 Å². The van der Waals surface area contributed by atoms with Crippen molar-refractivity contribution in [2.24, 2.45) is 0 Å². The first-order valence-corrected chi connectivity index (χ1v) is 6.84. The Morgan fingerprint density at radius 3 is 2.42 bits per heavy atom. The number of likely N-dealkylation sites (N-methyl/N-ethyl adjacent to an activating group) is 1. The molecule has 1 aromatic rings. The van der Waals surface area contributed by atoms with Crippen LogP contribution in [0.4, 0.5) is 5.69 Å². The second-order valence-electron chi connectivity index (χ2n) is 5.45. The third-order valence-electron chi connectivity index (χ3n) is 2.83. The average molecular weight is 266 g/mol. The molecule has 108 valence electrons. The molecule has 0 spiro atoms. The van der Waals surface area contributed by atoms with Crippen molar-refractivity contribution in [2.75, 3.05) is 32.0 Å². The zero-order valence-corrected chi connectivity index (χ0v) is 12.2. The molecule has 0 fully saturated rings. The van der Waals surface area contributed by atoms with Crippen LogP contribution in [0.3, 0.4) is 0 Å². The maximum absolute atomic E-state index is 9.79. The van der Waals surface area contributed by atoms with E-state index in [1.54, 1.807) is 0 Å². The molecule has 0 saturated heterocycles. The van der Waals surface area contributed by atoms with Gasteiger partial charge in [0.25, 0.3) is 0 Å². The normalized spacial score (nSPS) is 11.8. The minimum atomic E-state index is -0.645. The van der Waals surface area contributed by atoms with Gasteiger partial charge in [-0.15, -0.1) is 0 Å². The Kier molecular flexibility index (Phi) is 6.12. The van der Waals surface area contributed by atoms with Crippen LogP contribution in [0.2, 0.25) is 0 Å². The van der Waals surface area contributed by atoms with Crippen LogP contribution in [0.5, 0.6) is 5.75 Å². The maximum atomic E-state index is 9.79. The molecule has 0 aliphatic heterocycles. The summed E-state index contributed by atoms with van der Waals surface area (Å²) in [5.74, 6) is 0.847. The predicted octanol–water partition coefficient (Wildman–Crippen LogP) is 2.13. The number of anilines is 1. The summed E-state index contributed by atoms with van der Waals surface area (Å²) in [4.78, 5) is 2.23. The van der Waals surface area contributed by atoms with Crippen molar-refractivity contribution in [1.82, 2.24) is 4.90 Å². The first kappa shape index (κ1) is 15.8. The van der Waals surface area contributed by atoms with E-state index in [9.17, 15) is 5.11 Å². The van der Waals surface area contributed by atoms with Crippen molar-refractivity contribution in [3.63, 3.8) is 0 Å². The van der Waals surface area contributed by atoms with E-state index in [-0.39, 0.29) is 0 Å². The van der Waals surface area contributed by atoms with Gasteiger partial charge in [-0.2, -0.15) is 0 Å². The highest BCUT2D eigenvalue weighted by molar-refractivity contribution is 5.41. The second-order valence-corrected chi connectivity index (χ2v) is 5.45. The smallest absolute Gasteiger partial charge is 0.119 e. The molecule has 0 heterocycles. The van der Waals surface area contributed by atoms with Gasteiger partial charge in [-0.05, 0) is 51.1 Å². The molecular formula is C15H26N2O2. The van der Waals surface area contributed by atoms with Gasteiger partial charge in [-0.1, -0.05) is 6.92 Å². The van der Waals surface area contributed by atoms with Gasteiger partial charge in [-0.25, -0.2) is 0 Å². The molecule has 1 rings (SSSR count). The fraction of sp³-hybridized carbons (Fsp3) is 0.600. The number of benzene rings is 1. The van der Waals surface area contributed by atoms with Crippen LogP contribution in [-0.2, 0) is 0 Å². The molecule has 0 unspecified atom stereocenters. The molecule has 0 aliphatic rings. The Bertz CT molecular complexity index is 357. The van der Waals surface area contributed by atoms with Crippen LogP contribution in [0, 0.1) is 0 Å². The Balaban J connectivity index is 2.24. The second kappa shape index (κ2) is 7.36. The average Bonchev–Trinajstić information content (AvgIpc) is 2.34. The molecule has 0 amide bonds. The maximum Gasteiger partial charge on any atom is 0.119 e. The van der Waals surface area contributed by atoms with Gasteiger partial charge in [0, 0.05) is 18.8 Å². The molecule has 4 nitrogen and oxygen atoms in total. The minimum Gasteiger partial charge on any atom is -0.494 e. The van der Waals surface area contributed by atoms with Gasteiger partial charge in [0.2, 0.25) is 0 Å². The first-order valence-electron chi connectivity index (χ1n) is 6.84. The number of ether oxygens (including phenoxy) is 1. The van der Waals surface area contributed by atoms with Crippen molar-refractivity contribution in [1.29, 1.82) is 0 Å². The Morgan fingerprint density at radius 2 is 1.89 bits per heavy atom. The number of aliphatic hydroxyl groups is 1. The fourth-order valence-electron chi connectivity index (χ4n) is 1.94. The first-order chi connectivity index (χ1) is 8.90. The Morgan fingerprint density at radius 1 is 1.26 bits per heavy atom. The Labute approximate surface area is 116 Å². The van der Waals surface area contributed by atoms with E-state index < -0.39 is 5.60 Å². The third kappa shape index (κ3) is 7.03. The zero-order chi connectivity index (χ0) is 14.3. The monoisotopic (exact) mass is 266 g/mol. The van der Waals surface area contributed by atoms with Gasteiger partial charge in [-0.3, -0.25) is 0 Å². The lowest BCUT2D eigenvalue weighted by Crippen LogP contribution is -2.39. The van der Waals surface area contributed by atoms with E-state index in [0.29, 0.717) is 13.2 Å². The predicted molar refractivity (Wildman–Crippen MR) is 79.4 cm³/mol. The van der Waals surface area contributed by atoms with Crippen molar-refractivity contribution in [3.8, 4) is 5.75 Å². The van der Waals surface area contributed by atoms with Gasteiger partial charge >= 0.3 is 0 Å². The third-order valence-corrected chi connectivity index (χ3v) is 2.83. The van der Waals surface area contributed by atoms with Crippen LogP contribution in [-0.4, -0.2) is 41.8 Å². The highest BCUT2D eigenvalue weighted by Gasteiger charge is 2.16. The summed E-state index contributed by atoms with van der Waals surface area (Å²) in [6.45, 7) is 8.99. The number of nitrogens with two attached hydrogens (primary N) is 1. The molecule has 0 atom stereocenters. The molecule has 0 aromatic heterocycles. The summed E-state index contributed by atoms with van der Waals surface area (Å²) in [6.07, 6.45) is 0.939. The van der Waals surface area contributed by atoms with E-state index in [0.717, 1.165) is 30.9 Å². The number of hydrogen-bond donors (Lipinski definition) is 2. The fourth-order valence-corrected chi connectivity index (χ4v) is 1.94. The highest BCUT2D eigenvalue weighted by Crippen LogP contribution is 2.13. The van der Waals surface area contributed by atoms with Crippen molar-refractivity contribution in [3.05, 3.63) is 24.3 Å². The lowest BCUT2D eigenvalue weighted by atomic mass is 10.1. The topological polar surface area (TPSA) is 58.7 Å². The molecule has 0 bridgehead atoms. The SMILES string of the molecule is CCN(CCCOc1ccc(N)cc1)CC(C)(C)O. The molecule has 3 N–H and O–H groups in total. The summed E-state index contributed by atoms with van der Waals surface area (Å²) in [5.41, 5.74) is 5.71. The van der Waals surface area contributed by atoms with Crippen LogP contribution in [0.1, 0.15) is 27.2 Å². The number of rotatable bonds is 8. The molecule has 19 heavy (non-hydrogen) atoms. The molecule has 4 heteroatoms. The summed E-state index contributed by atoms with van der Waals surface area (Å²) in [7, 11) is 0. The van der Waals surface area contributed by atoms with E-state index in [1.165, 1.54) is 0 Å².